The molecule has 0 aromatic heterocycles. The van der Waals surface area contributed by atoms with Gasteiger partial charge in [0.15, 0.2) is 0 Å². The minimum absolute atomic E-state index is 0.0933. The van der Waals surface area contributed by atoms with Crippen LogP contribution in [-0.4, -0.2) is 36.5 Å². The lowest BCUT2D eigenvalue weighted by molar-refractivity contribution is -0.151. The summed E-state index contributed by atoms with van der Waals surface area (Å²) in [5.74, 6) is 1.11. The quantitative estimate of drug-likeness (QED) is 0.787. The van der Waals surface area contributed by atoms with Crippen molar-refractivity contribution in [3.8, 4) is 0 Å². The lowest BCUT2D eigenvalue weighted by Gasteiger charge is -2.35. The Bertz CT molecular complexity index is 392. The largest absolute Gasteiger partial charge is 0.461 e. The molecule has 0 radical (unpaired) electrons. The maximum atomic E-state index is 12.1. The molecule has 1 N–H and O–H groups in total. The molecule has 20 heavy (non-hydrogen) atoms. The molecule has 0 aromatic carbocycles. The number of hydrogen-bond acceptors (Lipinski definition) is 4. The monoisotopic (exact) mass is 282 g/mol. The molecule has 3 fully saturated rings. The average Bonchev–Trinajstić information content (AvgIpc) is 2.80. The van der Waals surface area contributed by atoms with Crippen LogP contribution in [0, 0.1) is 29.6 Å². The van der Waals surface area contributed by atoms with Crippen molar-refractivity contribution in [3.63, 3.8) is 0 Å². The van der Waals surface area contributed by atoms with Gasteiger partial charge in [-0.05, 0) is 38.0 Å². The fourth-order valence-corrected chi connectivity index (χ4v) is 4.96. The normalized spacial score (nSPS) is 51.3. The van der Waals surface area contributed by atoms with E-state index in [2.05, 4.69) is 6.92 Å². The van der Waals surface area contributed by atoms with Gasteiger partial charge in [-0.1, -0.05) is 13.3 Å². The Morgan fingerprint density at radius 3 is 2.80 bits per heavy atom. The summed E-state index contributed by atoms with van der Waals surface area (Å²) in [7, 11) is 1.63. The molecule has 0 unspecified atom stereocenters. The Kier molecular flexibility index (Phi) is 3.57. The number of carbonyl (C=O) groups excluding carboxylic acids is 1. The molecule has 0 amide bonds. The number of methoxy groups -OCH3 is 1. The fourth-order valence-electron chi connectivity index (χ4n) is 4.96. The lowest BCUT2D eigenvalue weighted by atomic mass is 9.75. The number of hydrogen-bond donors (Lipinski definition) is 1. The van der Waals surface area contributed by atoms with Crippen LogP contribution in [0.5, 0.6) is 0 Å². The molecule has 0 bridgehead atoms. The van der Waals surface area contributed by atoms with E-state index < -0.39 is 5.60 Å². The summed E-state index contributed by atoms with van der Waals surface area (Å²) >= 11 is 0. The second-order valence-corrected chi connectivity index (χ2v) is 7.27. The number of ether oxygens (including phenoxy) is 2. The number of fused-ring (bicyclic) bond motifs is 3. The maximum Gasteiger partial charge on any atom is 0.312 e. The average molecular weight is 282 g/mol. The first-order valence-corrected chi connectivity index (χ1v) is 7.87. The van der Waals surface area contributed by atoms with Crippen molar-refractivity contribution in [1.82, 2.24) is 0 Å². The van der Waals surface area contributed by atoms with Crippen molar-refractivity contribution < 1.29 is 19.4 Å². The third-order valence-corrected chi connectivity index (χ3v) is 6.04. The Balaban J connectivity index is 1.92. The third kappa shape index (κ3) is 2.08. The molecule has 3 aliphatic rings. The molecule has 4 heteroatoms. The molecule has 1 saturated heterocycles. The first kappa shape index (κ1) is 14.3. The predicted octanol–water partition coefficient (Wildman–Crippen LogP) is 2.00. The van der Waals surface area contributed by atoms with Crippen molar-refractivity contribution in [2.24, 2.45) is 29.6 Å². The Hall–Kier alpha value is -0.610. The van der Waals surface area contributed by atoms with Gasteiger partial charge in [0.1, 0.15) is 6.10 Å². The SMILES string of the molecule is COC[C@@H]1C(=O)O[C@H]2[C@H]1CC[C@@H](C)[C@H]1CC[C@@](C)(O)[C@@H]12. The van der Waals surface area contributed by atoms with E-state index in [4.69, 9.17) is 9.47 Å². The second kappa shape index (κ2) is 4.99. The zero-order chi connectivity index (χ0) is 14.5. The highest BCUT2D eigenvalue weighted by atomic mass is 16.6. The van der Waals surface area contributed by atoms with Gasteiger partial charge in [-0.15, -0.1) is 0 Å². The minimum atomic E-state index is -0.700. The molecular formula is C16H26O4. The summed E-state index contributed by atoms with van der Waals surface area (Å²) in [6.07, 6.45) is 3.89. The smallest absolute Gasteiger partial charge is 0.312 e. The standard InChI is InChI=1S/C16H26O4/c1-9-4-5-11-12(8-19-3)15(17)20-14(11)13-10(9)6-7-16(13,2)18/h9-14,18H,4-8H2,1-3H3/t9-,10-,11+,12+,13+,14+,16-/m1/s1. The van der Waals surface area contributed by atoms with Crippen LogP contribution < -0.4 is 0 Å². The van der Waals surface area contributed by atoms with E-state index in [1.165, 1.54) is 0 Å². The number of esters is 1. The van der Waals surface area contributed by atoms with Gasteiger partial charge in [0.05, 0.1) is 18.1 Å². The van der Waals surface area contributed by atoms with Crippen LogP contribution in [0.4, 0.5) is 0 Å². The van der Waals surface area contributed by atoms with Gasteiger partial charge in [0.25, 0.3) is 0 Å². The van der Waals surface area contributed by atoms with Gasteiger partial charge in [-0.3, -0.25) is 4.79 Å². The zero-order valence-corrected chi connectivity index (χ0v) is 12.7. The molecule has 1 heterocycles. The molecule has 2 aliphatic carbocycles. The van der Waals surface area contributed by atoms with Crippen LogP contribution in [-0.2, 0) is 14.3 Å². The number of rotatable bonds is 2. The van der Waals surface area contributed by atoms with Crippen LogP contribution in [0.15, 0.2) is 0 Å². The summed E-state index contributed by atoms with van der Waals surface area (Å²) in [6, 6.07) is 0. The molecule has 1 aliphatic heterocycles. The van der Waals surface area contributed by atoms with E-state index in [1.807, 2.05) is 6.92 Å². The molecular weight excluding hydrogens is 256 g/mol. The van der Waals surface area contributed by atoms with Crippen molar-refractivity contribution in [2.45, 2.75) is 51.2 Å². The van der Waals surface area contributed by atoms with Crippen LogP contribution in [0.25, 0.3) is 0 Å². The summed E-state index contributed by atoms with van der Waals surface area (Å²) in [5, 5.41) is 10.8. The Morgan fingerprint density at radius 1 is 1.35 bits per heavy atom. The van der Waals surface area contributed by atoms with Crippen molar-refractivity contribution in [3.05, 3.63) is 0 Å². The molecule has 2 saturated carbocycles. The van der Waals surface area contributed by atoms with Gasteiger partial charge < -0.3 is 14.6 Å². The molecule has 0 spiro atoms. The molecule has 7 atom stereocenters. The highest BCUT2D eigenvalue weighted by Crippen LogP contribution is 2.54. The van der Waals surface area contributed by atoms with Crippen LogP contribution in [0.1, 0.15) is 39.5 Å². The van der Waals surface area contributed by atoms with Crippen molar-refractivity contribution >= 4 is 5.97 Å². The molecule has 114 valence electrons. The third-order valence-electron chi connectivity index (χ3n) is 6.04. The first-order valence-electron chi connectivity index (χ1n) is 7.87. The van der Waals surface area contributed by atoms with Crippen LogP contribution >= 0.6 is 0 Å². The van der Waals surface area contributed by atoms with Gasteiger partial charge in [0.2, 0.25) is 0 Å². The van der Waals surface area contributed by atoms with E-state index in [-0.39, 0.29) is 29.8 Å². The summed E-state index contributed by atoms with van der Waals surface area (Å²) in [4.78, 5) is 12.1. The zero-order valence-electron chi connectivity index (χ0n) is 12.7. The summed E-state index contributed by atoms with van der Waals surface area (Å²) < 4.78 is 10.9. The van der Waals surface area contributed by atoms with Gasteiger partial charge in [-0.25, -0.2) is 0 Å². The maximum absolute atomic E-state index is 12.1. The number of carbonyl (C=O) groups is 1. The van der Waals surface area contributed by atoms with E-state index in [0.717, 1.165) is 25.7 Å². The van der Waals surface area contributed by atoms with E-state index in [1.54, 1.807) is 7.11 Å². The lowest BCUT2D eigenvalue weighted by Crippen LogP contribution is -2.43. The second-order valence-electron chi connectivity index (χ2n) is 7.27. The first-order chi connectivity index (χ1) is 9.45. The van der Waals surface area contributed by atoms with Crippen LogP contribution in [0.2, 0.25) is 0 Å². The van der Waals surface area contributed by atoms with Crippen molar-refractivity contribution in [1.29, 1.82) is 0 Å². The van der Waals surface area contributed by atoms with E-state index in [9.17, 15) is 9.90 Å². The predicted molar refractivity (Wildman–Crippen MR) is 74.0 cm³/mol. The molecule has 0 aromatic rings. The Labute approximate surface area is 120 Å². The van der Waals surface area contributed by atoms with Crippen LogP contribution in [0.3, 0.4) is 0 Å². The van der Waals surface area contributed by atoms with E-state index >= 15 is 0 Å². The van der Waals surface area contributed by atoms with Gasteiger partial charge in [-0.2, -0.15) is 0 Å². The topological polar surface area (TPSA) is 55.8 Å². The van der Waals surface area contributed by atoms with Crippen molar-refractivity contribution in [2.75, 3.05) is 13.7 Å². The highest BCUT2D eigenvalue weighted by molar-refractivity contribution is 5.75. The fraction of sp³-hybridized carbons (Fsp3) is 0.938. The highest BCUT2D eigenvalue weighted by Gasteiger charge is 2.59. The molecule has 3 rings (SSSR count). The van der Waals surface area contributed by atoms with Gasteiger partial charge >= 0.3 is 5.97 Å². The summed E-state index contributed by atoms with van der Waals surface area (Å²) in [5.41, 5.74) is -0.700. The number of aliphatic hydroxyl groups is 1. The Morgan fingerprint density at radius 2 is 2.10 bits per heavy atom. The minimum Gasteiger partial charge on any atom is -0.461 e. The molecule has 4 nitrogen and oxygen atoms in total. The summed E-state index contributed by atoms with van der Waals surface area (Å²) in [6.45, 7) is 4.64. The van der Waals surface area contributed by atoms with Gasteiger partial charge in [0, 0.05) is 18.9 Å². The van der Waals surface area contributed by atoms with E-state index in [0.29, 0.717) is 18.4 Å².